The van der Waals surface area contributed by atoms with Crippen LogP contribution in [0.2, 0.25) is 0 Å². The molecule has 0 amide bonds. The quantitative estimate of drug-likeness (QED) is 0.699. The van der Waals surface area contributed by atoms with E-state index >= 15 is 0 Å². The molecule has 116 valence electrons. The highest BCUT2D eigenvalue weighted by molar-refractivity contribution is 7.99. The summed E-state index contributed by atoms with van der Waals surface area (Å²) >= 11 is 1.60. The average Bonchev–Trinajstić information content (AvgIpc) is 3.09. The van der Waals surface area contributed by atoms with Crippen molar-refractivity contribution >= 4 is 30.0 Å². The molecule has 0 aromatic carbocycles. The number of thioether (sulfide) groups is 1. The number of nitrogens with two attached hydrogens (primary N) is 1. The molecule has 10 heteroatoms. The molecular weight excluding hydrogens is 324 g/mol. The zero-order valence-electron chi connectivity index (χ0n) is 11.8. The molecule has 3 heterocycles. The molecule has 2 N–H and O–H groups in total. The molecule has 0 aliphatic heterocycles. The van der Waals surface area contributed by atoms with Gasteiger partial charge in [0, 0.05) is 43.5 Å². The Balaban J connectivity index is 0.00000176. The summed E-state index contributed by atoms with van der Waals surface area (Å²) in [6, 6.07) is 3.72. The van der Waals surface area contributed by atoms with Gasteiger partial charge in [-0.25, -0.2) is 14.6 Å². The fourth-order valence-electron chi connectivity index (χ4n) is 1.92. The van der Waals surface area contributed by atoms with Crippen molar-refractivity contribution in [2.24, 2.45) is 7.05 Å². The van der Waals surface area contributed by atoms with E-state index in [4.69, 9.17) is 5.73 Å². The maximum Gasteiger partial charge on any atom is 0.209 e. The third-order valence-corrected chi connectivity index (χ3v) is 3.89. The summed E-state index contributed by atoms with van der Waals surface area (Å²) in [5, 5.41) is 12.2. The van der Waals surface area contributed by atoms with Gasteiger partial charge in [0.1, 0.15) is 11.6 Å². The van der Waals surface area contributed by atoms with Crippen LogP contribution in [-0.4, -0.2) is 40.5 Å². The number of nitrogen functional groups attached to an aromatic ring is 1. The van der Waals surface area contributed by atoms with Crippen molar-refractivity contribution in [1.82, 2.24) is 34.7 Å². The van der Waals surface area contributed by atoms with Crippen LogP contribution in [0.4, 0.5) is 5.82 Å². The maximum absolute atomic E-state index is 5.72. The van der Waals surface area contributed by atoms with E-state index in [1.807, 2.05) is 25.4 Å². The second-order valence-corrected chi connectivity index (χ2v) is 5.41. The summed E-state index contributed by atoms with van der Waals surface area (Å²) in [6.45, 7) is 0.801. The molecule has 0 saturated heterocycles. The van der Waals surface area contributed by atoms with Crippen LogP contribution < -0.4 is 5.73 Å². The molecule has 0 bridgehead atoms. The Morgan fingerprint density at radius 3 is 2.86 bits per heavy atom. The van der Waals surface area contributed by atoms with E-state index in [9.17, 15) is 0 Å². The van der Waals surface area contributed by atoms with Gasteiger partial charge in [0.15, 0.2) is 0 Å². The molecule has 22 heavy (non-hydrogen) atoms. The topological polar surface area (TPSA) is 100 Å². The predicted molar refractivity (Wildman–Crippen MR) is 86.6 cm³/mol. The van der Waals surface area contributed by atoms with Crippen molar-refractivity contribution in [3.05, 3.63) is 30.7 Å². The summed E-state index contributed by atoms with van der Waals surface area (Å²) < 4.78 is 3.73. The van der Waals surface area contributed by atoms with E-state index in [2.05, 4.69) is 30.1 Å². The third-order valence-electron chi connectivity index (χ3n) is 2.90. The van der Waals surface area contributed by atoms with Crippen LogP contribution in [0.3, 0.4) is 0 Å². The lowest BCUT2D eigenvalue weighted by Crippen LogP contribution is -2.03. The van der Waals surface area contributed by atoms with Crippen LogP contribution in [0, 0.1) is 0 Å². The largest absolute Gasteiger partial charge is 0.384 e. The molecule has 0 atom stereocenters. The standard InChI is InChI=1S/C12H14N8S.ClH/c1-19-12(16-17-18-19)21-7-6-20-5-4-15-11(20)9-2-3-14-10(13)8-9;/h2-5,8H,6-7H2,1H3,(H2,13,14);1H. The fraction of sp³-hybridized carbons (Fsp3) is 0.250. The maximum atomic E-state index is 5.72. The molecule has 3 rings (SSSR count). The van der Waals surface area contributed by atoms with Crippen molar-refractivity contribution < 1.29 is 0 Å². The highest BCUT2D eigenvalue weighted by Gasteiger charge is 2.08. The number of pyridine rings is 1. The zero-order chi connectivity index (χ0) is 14.7. The lowest BCUT2D eigenvalue weighted by molar-refractivity contribution is 0.663. The van der Waals surface area contributed by atoms with Gasteiger partial charge < -0.3 is 10.3 Å². The molecule has 0 spiro atoms. The molecule has 0 saturated carbocycles. The number of hydrogen-bond donors (Lipinski definition) is 1. The van der Waals surface area contributed by atoms with Gasteiger partial charge in [-0.3, -0.25) is 0 Å². The molecule has 0 radical (unpaired) electrons. The number of imidazole rings is 1. The smallest absolute Gasteiger partial charge is 0.209 e. The Kier molecular flexibility index (Phi) is 5.34. The number of aryl methyl sites for hydroxylation is 2. The Labute approximate surface area is 137 Å². The van der Waals surface area contributed by atoms with E-state index in [1.54, 1.807) is 28.8 Å². The van der Waals surface area contributed by atoms with Crippen LogP contribution in [0.15, 0.2) is 35.9 Å². The van der Waals surface area contributed by atoms with Gasteiger partial charge in [-0.2, -0.15) is 0 Å². The minimum absolute atomic E-state index is 0. The van der Waals surface area contributed by atoms with Crippen LogP contribution in [0.25, 0.3) is 11.4 Å². The minimum Gasteiger partial charge on any atom is -0.384 e. The van der Waals surface area contributed by atoms with E-state index in [0.29, 0.717) is 5.82 Å². The molecular formula is C12H15ClN8S. The molecule has 8 nitrogen and oxygen atoms in total. The summed E-state index contributed by atoms with van der Waals surface area (Å²) in [5.41, 5.74) is 6.67. The van der Waals surface area contributed by atoms with Gasteiger partial charge in [-0.15, -0.1) is 17.5 Å². The highest BCUT2D eigenvalue weighted by atomic mass is 35.5. The first-order valence-corrected chi connectivity index (χ1v) is 7.31. The number of nitrogens with zero attached hydrogens (tertiary/aromatic N) is 7. The van der Waals surface area contributed by atoms with Crippen LogP contribution >= 0.6 is 24.2 Å². The van der Waals surface area contributed by atoms with Gasteiger partial charge >= 0.3 is 0 Å². The SMILES string of the molecule is Cl.Cn1nnnc1SCCn1ccnc1-c1ccnc(N)c1. The number of hydrogen-bond acceptors (Lipinski definition) is 7. The number of rotatable bonds is 5. The number of tetrazole rings is 1. The Morgan fingerprint density at radius 2 is 2.14 bits per heavy atom. The van der Waals surface area contributed by atoms with Gasteiger partial charge in [-0.05, 0) is 22.6 Å². The average molecular weight is 339 g/mol. The molecule has 3 aromatic rings. The number of aromatic nitrogens is 7. The van der Waals surface area contributed by atoms with Crippen molar-refractivity contribution in [2.75, 3.05) is 11.5 Å². The van der Waals surface area contributed by atoms with Gasteiger partial charge in [0.05, 0.1) is 0 Å². The molecule has 0 aliphatic carbocycles. The lowest BCUT2D eigenvalue weighted by Gasteiger charge is -2.07. The van der Waals surface area contributed by atoms with Gasteiger partial charge in [-0.1, -0.05) is 11.8 Å². The van der Waals surface area contributed by atoms with Crippen LogP contribution in [-0.2, 0) is 13.6 Å². The van der Waals surface area contributed by atoms with E-state index in [1.165, 1.54) is 0 Å². The number of anilines is 1. The summed E-state index contributed by atoms with van der Waals surface area (Å²) in [5.74, 6) is 2.21. The lowest BCUT2D eigenvalue weighted by atomic mass is 10.2. The first kappa shape index (κ1) is 16.2. The second-order valence-electron chi connectivity index (χ2n) is 4.35. The Hall–Kier alpha value is -2.13. The van der Waals surface area contributed by atoms with Crippen molar-refractivity contribution in [3.63, 3.8) is 0 Å². The van der Waals surface area contributed by atoms with Gasteiger partial charge in [0.25, 0.3) is 0 Å². The first-order valence-electron chi connectivity index (χ1n) is 6.32. The molecule has 0 fully saturated rings. The summed E-state index contributed by atoms with van der Waals surface area (Å²) in [7, 11) is 1.82. The minimum atomic E-state index is 0. The normalized spacial score (nSPS) is 10.4. The summed E-state index contributed by atoms with van der Waals surface area (Å²) in [4.78, 5) is 8.38. The Morgan fingerprint density at radius 1 is 1.27 bits per heavy atom. The fourth-order valence-corrected chi connectivity index (χ4v) is 2.70. The first-order chi connectivity index (χ1) is 10.2. The molecule has 0 aliphatic rings. The van der Waals surface area contributed by atoms with Crippen molar-refractivity contribution in [2.45, 2.75) is 11.7 Å². The predicted octanol–water partition coefficient (Wildman–Crippen LogP) is 1.26. The van der Waals surface area contributed by atoms with Crippen molar-refractivity contribution in [3.8, 4) is 11.4 Å². The van der Waals surface area contributed by atoms with Crippen molar-refractivity contribution in [1.29, 1.82) is 0 Å². The molecule has 3 aromatic heterocycles. The van der Waals surface area contributed by atoms with E-state index in [-0.39, 0.29) is 12.4 Å². The van der Waals surface area contributed by atoms with Crippen LogP contribution in [0.5, 0.6) is 0 Å². The monoisotopic (exact) mass is 338 g/mol. The zero-order valence-corrected chi connectivity index (χ0v) is 13.5. The Bertz CT molecular complexity index is 740. The van der Waals surface area contributed by atoms with Gasteiger partial charge in [0.2, 0.25) is 5.16 Å². The third kappa shape index (κ3) is 3.55. The summed E-state index contributed by atoms with van der Waals surface area (Å²) in [6.07, 6.45) is 5.41. The molecule has 0 unspecified atom stereocenters. The second kappa shape index (κ2) is 7.23. The number of halogens is 1. The highest BCUT2D eigenvalue weighted by Crippen LogP contribution is 2.20. The van der Waals surface area contributed by atoms with Crippen LogP contribution in [0.1, 0.15) is 0 Å². The van der Waals surface area contributed by atoms with E-state index in [0.717, 1.165) is 28.8 Å². The van der Waals surface area contributed by atoms with E-state index < -0.39 is 0 Å².